The highest BCUT2D eigenvalue weighted by Crippen LogP contribution is 2.37. The van der Waals surface area contributed by atoms with E-state index in [1.54, 1.807) is 0 Å². The molecule has 0 N–H and O–H groups in total. The highest BCUT2D eigenvalue weighted by Gasteiger charge is 2.25. The summed E-state index contributed by atoms with van der Waals surface area (Å²) in [5.74, 6) is 0. The quantitative estimate of drug-likeness (QED) is 0.487. The fraction of sp³-hybridized carbons (Fsp3) is 0.444. The summed E-state index contributed by atoms with van der Waals surface area (Å²) in [4.78, 5) is 4.42. The van der Waals surface area contributed by atoms with E-state index in [9.17, 15) is 0 Å². The third kappa shape index (κ3) is 4.22. The molecule has 3 rings (SSSR count). The molecular weight excluding hydrogens is 352 g/mol. The normalized spacial score (nSPS) is 13.6. The standard InChI is InChI=1S/C27H36N2/c1-7-20-15-22(9-3)26(23(10-4)16-20)28-13-14-29(19-28)27-24(11-5)17-21(8-2)18-25(27)12-6/h13-18H,7-12H2,1-6H3. The summed E-state index contributed by atoms with van der Waals surface area (Å²) in [5, 5.41) is 0. The van der Waals surface area contributed by atoms with Crippen molar-refractivity contribution in [2.75, 3.05) is 9.80 Å². The molecule has 2 nitrogen and oxygen atoms in total. The number of anilines is 2. The topological polar surface area (TPSA) is 6.48 Å². The average molecular weight is 389 g/mol. The molecule has 0 saturated heterocycles. The highest BCUT2D eigenvalue weighted by atomic mass is 15.3. The van der Waals surface area contributed by atoms with Gasteiger partial charge in [0, 0.05) is 23.8 Å². The van der Waals surface area contributed by atoms with Crippen molar-refractivity contribution in [2.24, 2.45) is 0 Å². The van der Waals surface area contributed by atoms with Crippen LogP contribution in [-0.4, -0.2) is 0 Å². The molecule has 1 aliphatic heterocycles. The molecular formula is C27H36N2. The third-order valence-corrected chi connectivity index (χ3v) is 6.06. The molecule has 0 aliphatic carbocycles. The minimum Gasteiger partial charge on any atom is -0.315 e. The lowest BCUT2D eigenvalue weighted by Crippen LogP contribution is -2.22. The minimum absolute atomic E-state index is 1.04. The van der Waals surface area contributed by atoms with Crippen molar-refractivity contribution >= 4 is 11.4 Å². The lowest BCUT2D eigenvalue weighted by molar-refractivity contribution is 0.982. The minimum atomic E-state index is 1.04. The van der Waals surface area contributed by atoms with Gasteiger partial charge in [0.2, 0.25) is 6.67 Å². The van der Waals surface area contributed by atoms with Crippen LogP contribution < -0.4 is 9.80 Å². The number of hydrogen-bond donors (Lipinski definition) is 0. The first-order valence-corrected chi connectivity index (χ1v) is 11.4. The fourth-order valence-electron chi connectivity index (χ4n) is 4.33. The van der Waals surface area contributed by atoms with Gasteiger partial charge in [0.1, 0.15) is 0 Å². The number of nitrogens with zero attached hydrogens (tertiary/aromatic N) is 2. The first kappa shape index (κ1) is 21.5. The van der Waals surface area contributed by atoms with E-state index in [0.29, 0.717) is 0 Å². The van der Waals surface area contributed by atoms with E-state index < -0.39 is 0 Å². The van der Waals surface area contributed by atoms with Crippen molar-refractivity contribution in [1.29, 1.82) is 0 Å². The molecule has 0 saturated carbocycles. The molecule has 0 bridgehead atoms. The van der Waals surface area contributed by atoms with Crippen LogP contribution in [0.1, 0.15) is 74.9 Å². The molecule has 1 heterocycles. The molecule has 0 fully saturated rings. The van der Waals surface area contributed by atoms with E-state index in [1.807, 2.05) is 0 Å². The second kappa shape index (κ2) is 9.52. The van der Waals surface area contributed by atoms with Crippen molar-refractivity contribution in [3.63, 3.8) is 0 Å². The Kier molecular flexibility index (Phi) is 7.05. The molecule has 154 valence electrons. The Labute approximate surface area is 178 Å². The van der Waals surface area contributed by atoms with E-state index >= 15 is 0 Å². The predicted octanol–water partition coefficient (Wildman–Crippen LogP) is 6.86. The van der Waals surface area contributed by atoms with Gasteiger partial charge in [0.25, 0.3) is 0 Å². The highest BCUT2D eigenvalue weighted by molar-refractivity contribution is 5.72. The molecule has 2 aromatic rings. The summed E-state index contributed by atoms with van der Waals surface area (Å²) in [5.41, 5.74) is 11.1. The lowest BCUT2D eigenvalue weighted by atomic mass is 9.97. The Hall–Kier alpha value is -2.22. The van der Waals surface area contributed by atoms with Gasteiger partial charge < -0.3 is 9.80 Å². The summed E-state index contributed by atoms with van der Waals surface area (Å²) >= 11 is 0. The number of rotatable bonds is 8. The summed E-state index contributed by atoms with van der Waals surface area (Å²) < 4.78 is 0. The monoisotopic (exact) mass is 388 g/mol. The average Bonchev–Trinajstić information content (AvgIpc) is 3.25. The van der Waals surface area contributed by atoms with E-state index in [4.69, 9.17) is 0 Å². The smallest absolute Gasteiger partial charge is 0.217 e. The van der Waals surface area contributed by atoms with Gasteiger partial charge in [0.05, 0.1) is 0 Å². The van der Waals surface area contributed by atoms with Crippen LogP contribution in [0.25, 0.3) is 0 Å². The maximum absolute atomic E-state index is 3.65. The first-order valence-electron chi connectivity index (χ1n) is 11.4. The Bertz CT molecular complexity index is 757. The Morgan fingerprint density at radius 3 is 1.07 bits per heavy atom. The van der Waals surface area contributed by atoms with Gasteiger partial charge in [-0.2, -0.15) is 0 Å². The number of aryl methyl sites for hydroxylation is 6. The van der Waals surface area contributed by atoms with Crippen LogP contribution in [0.3, 0.4) is 0 Å². The summed E-state index contributed by atoms with van der Waals surface area (Å²) in [6, 6.07) is 9.49. The fourth-order valence-corrected chi connectivity index (χ4v) is 4.33. The van der Waals surface area contributed by atoms with Crippen LogP contribution in [0.15, 0.2) is 36.7 Å². The van der Waals surface area contributed by atoms with Crippen molar-refractivity contribution in [1.82, 2.24) is 0 Å². The lowest BCUT2D eigenvalue weighted by Gasteiger charge is -2.27. The number of benzene rings is 2. The van der Waals surface area contributed by atoms with Gasteiger partial charge in [-0.3, -0.25) is 0 Å². The predicted molar refractivity (Wildman–Crippen MR) is 126 cm³/mol. The van der Waals surface area contributed by atoms with Crippen LogP contribution in [0.4, 0.5) is 11.4 Å². The molecule has 2 radical (unpaired) electrons. The Balaban J connectivity index is 1.99. The molecule has 0 spiro atoms. The molecule has 0 aromatic heterocycles. The van der Waals surface area contributed by atoms with Crippen molar-refractivity contribution in [3.8, 4) is 0 Å². The molecule has 29 heavy (non-hydrogen) atoms. The van der Waals surface area contributed by atoms with Gasteiger partial charge in [-0.15, -0.1) is 0 Å². The molecule has 0 amide bonds. The van der Waals surface area contributed by atoms with Gasteiger partial charge in [-0.1, -0.05) is 65.8 Å². The molecule has 2 heteroatoms. The maximum atomic E-state index is 3.65. The number of hydrogen-bond acceptors (Lipinski definition) is 2. The Morgan fingerprint density at radius 2 is 0.828 bits per heavy atom. The molecule has 0 unspecified atom stereocenters. The first-order chi connectivity index (χ1) is 14.1. The zero-order valence-corrected chi connectivity index (χ0v) is 19.1. The summed E-state index contributed by atoms with van der Waals surface area (Å²) in [6.45, 7) is 17.1. The van der Waals surface area contributed by atoms with Gasteiger partial charge >= 0.3 is 0 Å². The SMILES string of the molecule is CCc1cc(CC)c(N2[C]N(c3c(CC)cc(CC)cc3CC)C=C2)c(CC)c1. The molecule has 0 atom stereocenters. The largest absolute Gasteiger partial charge is 0.315 e. The Morgan fingerprint density at radius 1 is 0.517 bits per heavy atom. The van der Waals surface area contributed by atoms with Crippen LogP contribution >= 0.6 is 0 Å². The zero-order valence-electron chi connectivity index (χ0n) is 19.1. The van der Waals surface area contributed by atoms with Crippen LogP contribution in [0, 0.1) is 6.67 Å². The van der Waals surface area contributed by atoms with E-state index in [1.165, 1.54) is 44.8 Å². The molecule has 1 aliphatic rings. The van der Waals surface area contributed by atoms with Crippen molar-refractivity contribution in [2.45, 2.75) is 80.1 Å². The second-order valence-corrected chi connectivity index (χ2v) is 7.78. The van der Waals surface area contributed by atoms with Gasteiger partial charge in [-0.05, 0) is 71.9 Å². The summed E-state index contributed by atoms with van der Waals surface area (Å²) in [6.07, 6.45) is 10.7. The van der Waals surface area contributed by atoms with Crippen LogP contribution in [0.2, 0.25) is 0 Å². The molecule has 2 aromatic carbocycles. The third-order valence-electron chi connectivity index (χ3n) is 6.06. The van der Waals surface area contributed by atoms with Crippen molar-refractivity contribution in [3.05, 3.63) is 76.7 Å². The second-order valence-electron chi connectivity index (χ2n) is 7.78. The van der Waals surface area contributed by atoms with Gasteiger partial charge in [0.15, 0.2) is 0 Å². The summed E-state index contributed by atoms with van der Waals surface area (Å²) in [7, 11) is 0. The van der Waals surface area contributed by atoms with Crippen LogP contribution in [-0.2, 0) is 38.5 Å². The van der Waals surface area contributed by atoms with Crippen molar-refractivity contribution < 1.29 is 0 Å². The van der Waals surface area contributed by atoms with E-state index in [0.717, 1.165) is 38.5 Å². The maximum Gasteiger partial charge on any atom is 0.217 e. The van der Waals surface area contributed by atoms with Crippen LogP contribution in [0.5, 0.6) is 0 Å². The van der Waals surface area contributed by atoms with E-state index in [-0.39, 0.29) is 0 Å². The van der Waals surface area contributed by atoms with E-state index in [2.05, 4.69) is 94.7 Å². The van der Waals surface area contributed by atoms with Gasteiger partial charge in [-0.25, -0.2) is 0 Å². The zero-order chi connectivity index (χ0) is 21.0.